The predicted molar refractivity (Wildman–Crippen MR) is 133 cm³/mol. The molecule has 2 aromatic heterocycles. The summed E-state index contributed by atoms with van der Waals surface area (Å²) in [6.45, 7) is 7.51. The number of pyridine rings is 1. The Morgan fingerprint density at radius 2 is 1.94 bits per heavy atom. The average molecular weight is 486 g/mol. The van der Waals surface area contributed by atoms with Crippen molar-refractivity contribution in [1.29, 1.82) is 0 Å². The standard InChI is InChI=1S/C23H20ClN3O3S2/c1-12(2)27-22(29)18(32-23(27)31)11-16-20(30-15-7-8-17(24)14(4)10-15)25-19-13(3)6-5-9-26(19)21(16)28/h5-12H,1-4H3/b18-11-. The van der Waals surface area contributed by atoms with E-state index in [0.717, 1.165) is 22.9 Å². The quantitative estimate of drug-likeness (QED) is 0.366. The Bertz CT molecular complexity index is 1360. The third kappa shape index (κ3) is 4.05. The average Bonchev–Trinajstić information content (AvgIpc) is 3.01. The molecule has 9 heteroatoms. The molecule has 0 N–H and O–H groups in total. The van der Waals surface area contributed by atoms with Gasteiger partial charge in [-0.15, -0.1) is 0 Å². The molecule has 1 aliphatic rings. The Balaban J connectivity index is 1.90. The van der Waals surface area contributed by atoms with E-state index in [0.29, 0.717) is 25.6 Å². The summed E-state index contributed by atoms with van der Waals surface area (Å²) in [7, 11) is 0. The lowest BCUT2D eigenvalue weighted by molar-refractivity contribution is -0.123. The summed E-state index contributed by atoms with van der Waals surface area (Å²) in [6.07, 6.45) is 3.16. The third-order valence-corrected chi connectivity index (χ3v) is 6.76. The number of aromatic nitrogens is 2. The van der Waals surface area contributed by atoms with Gasteiger partial charge in [-0.1, -0.05) is 41.6 Å². The maximum Gasteiger partial charge on any atom is 0.269 e. The predicted octanol–water partition coefficient (Wildman–Crippen LogP) is 5.37. The summed E-state index contributed by atoms with van der Waals surface area (Å²) < 4.78 is 7.95. The molecule has 4 rings (SSSR count). The Morgan fingerprint density at radius 3 is 2.59 bits per heavy atom. The lowest BCUT2D eigenvalue weighted by Crippen LogP contribution is -2.34. The van der Waals surface area contributed by atoms with Crippen LogP contribution in [0.15, 0.2) is 46.2 Å². The fourth-order valence-corrected chi connectivity index (χ4v) is 4.97. The van der Waals surface area contributed by atoms with Crippen LogP contribution < -0.4 is 10.3 Å². The van der Waals surface area contributed by atoms with Gasteiger partial charge < -0.3 is 4.74 Å². The van der Waals surface area contributed by atoms with Gasteiger partial charge in [0.1, 0.15) is 21.3 Å². The molecule has 1 aliphatic heterocycles. The van der Waals surface area contributed by atoms with Crippen molar-refractivity contribution in [3.05, 3.63) is 73.5 Å². The van der Waals surface area contributed by atoms with E-state index in [1.54, 1.807) is 30.5 Å². The van der Waals surface area contributed by atoms with Crippen LogP contribution in [0.3, 0.4) is 0 Å². The second-order valence-corrected chi connectivity index (χ2v) is 9.76. The van der Waals surface area contributed by atoms with Gasteiger partial charge in [-0.2, -0.15) is 4.98 Å². The van der Waals surface area contributed by atoms with Crippen molar-refractivity contribution >= 4 is 57.5 Å². The van der Waals surface area contributed by atoms with Crippen LogP contribution >= 0.6 is 35.6 Å². The number of rotatable bonds is 4. The van der Waals surface area contributed by atoms with Crippen molar-refractivity contribution in [2.24, 2.45) is 0 Å². The van der Waals surface area contributed by atoms with E-state index in [-0.39, 0.29) is 29.0 Å². The van der Waals surface area contributed by atoms with Crippen molar-refractivity contribution in [2.75, 3.05) is 0 Å². The van der Waals surface area contributed by atoms with Gasteiger partial charge in [0.2, 0.25) is 5.88 Å². The smallest absolute Gasteiger partial charge is 0.269 e. The molecule has 0 atom stereocenters. The van der Waals surface area contributed by atoms with Crippen LogP contribution in [0.4, 0.5) is 0 Å². The molecular weight excluding hydrogens is 466 g/mol. The van der Waals surface area contributed by atoms with Crippen LogP contribution in [-0.2, 0) is 4.79 Å². The summed E-state index contributed by atoms with van der Waals surface area (Å²) >= 11 is 12.7. The van der Waals surface area contributed by atoms with Crippen LogP contribution in [0.5, 0.6) is 11.6 Å². The molecule has 1 saturated heterocycles. The highest BCUT2D eigenvalue weighted by molar-refractivity contribution is 8.26. The van der Waals surface area contributed by atoms with Crippen molar-refractivity contribution in [3.8, 4) is 11.6 Å². The molecule has 1 fully saturated rings. The van der Waals surface area contributed by atoms with E-state index in [1.165, 1.54) is 15.4 Å². The largest absolute Gasteiger partial charge is 0.438 e. The first-order valence-corrected chi connectivity index (χ1v) is 11.5. The molecule has 6 nitrogen and oxygen atoms in total. The van der Waals surface area contributed by atoms with Crippen LogP contribution in [0.1, 0.15) is 30.5 Å². The van der Waals surface area contributed by atoms with Gasteiger partial charge in [0.15, 0.2) is 0 Å². The number of thiocarbonyl (C=S) groups is 1. The van der Waals surface area contributed by atoms with Gasteiger partial charge in [-0.3, -0.25) is 18.9 Å². The summed E-state index contributed by atoms with van der Waals surface area (Å²) in [4.78, 5) is 32.8. The highest BCUT2D eigenvalue weighted by Crippen LogP contribution is 2.35. The number of halogens is 1. The number of nitrogens with zero attached hydrogens (tertiary/aromatic N) is 3. The topological polar surface area (TPSA) is 63.9 Å². The Morgan fingerprint density at radius 1 is 1.19 bits per heavy atom. The molecule has 1 aromatic carbocycles. The number of amides is 1. The van der Waals surface area contributed by atoms with Crippen LogP contribution in [0, 0.1) is 13.8 Å². The fraction of sp³-hybridized carbons (Fsp3) is 0.217. The zero-order valence-corrected chi connectivity index (χ0v) is 20.3. The second kappa shape index (κ2) is 8.69. The molecular formula is C23H20ClN3O3S2. The lowest BCUT2D eigenvalue weighted by Gasteiger charge is -2.18. The molecule has 32 heavy (non-hydrogen) atoms. The van der Waals surface area contributed by atoms with Crippen molar-refractivity contribution in [3.63, 3.8) is 0 Å². The first-order valence-electron chi connectivity index (χ1n) is 9.90. The first-order chi connectivity index (χ1) is 15.2. The number of fused-ring (bicyclic) bond motifs is 1. The normalized spacial score (nSPS) is 15.4. The zero-order valence-electron chi connectivity index (χ0n) is 17.9. The summed E-state index contributed by atoms with van der Waals surface area (Å²) in [5.41, 5.74) is 1.96. The van der Waals surface area contributed by atoms with Gasteiger partial charge in [0.05, 0.1) is 4.91 Å². The minimum absolute atomic E-state index is 0.0837. The number of hydrogen-bond donors (Lipinski definition) is 0. The SMILES string of the molecule is Cc1cc(Oc2nc3c(C)cccn3c(=O)c2/C=C2\SC(=S)N(C(C)C)C2=O)ccc1Cl. The summed E-state index contributed by atoms with van der Waals surface area (Å²) in [5, 5.41) is 0.609. The van der Waals surface area contributed by atoms with Gasteiger partial charge in [-0.25, -0.2) is 0 Å². The Kier molecular flexibility index (Phi) is 6.11. The molecule has 3 heterocycles. The van der Waals surface area contributed by atoms with E-state index in [2.05, 4.69) is 4.98 Å². The van der Waals surface area contributed by atoms with E-state index < -0.39 is 0 Å². The lowest BCUT2D eigenvalue weighted by atomic mass is 10.2. The van der Waals surface area contributed by atoms with E-state index >= 15 is 0 Å². The number of carbonyl (C=O) groups is 1. The van der Waals surface area contributed by atoms with E-state index in [4.69, 9.17) is 28.6 Å². The minimum atomic E-state index is -0.339. The molecule has 0 radical (unpaired) electrons. The van der Waals surface area contributed by atoms with E-state index in [9.17, 15) is 9.59 Å². The number of thioether (sulfide) groups is 1. The maximum absolute atomic E-state index is 13.4. The number of benzene rings is 1. The molecule has 0 saturated carbocycles. The van der Waals surface area contributed by atoms with Crippen LogP contribution in [-0.4, -0.2) is 30.6 Å². The summed E-state index contributed by atoms with van der Waals surface area (Å²) in [5.74, 6) is 0.360. The highest BCUT2D eigenvalue weighted by atomic mass is 35.5. The molecule has 0 unspecified atom stereocenters. The number of ether oxygens (including phenoxy) is 1. The first kappa shape index (κ1) is 22.5. The second-order valence-electron chi connectivity index (χ2n) is 7.68. The fourth-order valence-electron chi connectivity index (χ4n) is 3.34. The van der Waals surface area contributed by atoms with Crippen molar-refractivity contribution in [1.82, 2.24) is 14.3 Å². The van der Waals surface area contributed by atoms with Crippen molar-refractivity contribution in [2.45, 2.75) is 33.7 Å². The van der Waals surface area contributed by atoms with Gasteiger partial charge in [-0.05, 0) is 69.2 Å². The minimum Gasteiger partial charge on any atom is -0.438 e. The number of aryl methyl sites for hydroxylation is 2. The van der Waals surface area contributed by atoms with Gasteiger partial charge >= 0.3 is 0 Å². The zero-order chi connectivity index (χ0) is 23.2. The molecule has 1 amide bonds. The summed E-state index contributed by atoms with van der Waals surface area (Å²) in [6, 6.07) is 8.75. The third-order valence-electron chi connectivity index (χ3n) is 5.01. The molecule has 0 spiro atoms. The highest BCUT2D eigenvalue weighted by Gasteiger charge is 2.34. The van der Waals surface area contributed by atoms with Crippen LogP contribution in [0.2, 0.25) is 5.02 Å². The maximum atomic E-state index is 13.4. The molecule has 3 aromatic rings. The van der Waals surface area contributed by atoms with Gasteiger partial charge in [0.25, 0.3) is 11.5 Å². The number of hydrogen-bond acceptors (Lipinski definition) is 6. The molecule has 0 bridgehead atoms. The van der Waals surface area contributed by atoms with Crippen molar-refractivity contribution < 1.29 is 9.53 Å². The monoisotopic (exact) mass is 485 g/mol. The van der Waals surface area contributed by atoms with E-state index in [1.807, 2.05) is 33.8 Å². The number of carbonyl (C=O) groups excluding carboxylic acids is 1. The van der Waals surface area contributed by atoms with Crippen LogP contribution in [0.25, 0.3) is 11.7 Å². The Hall–Kier alpha value is -2.68. The Labute approximate surface area is 199 Å². The van der Waals surface area contributed by atoms with Gasteiger partial charge in [0, 0.05) is 17.3 Å². The molecule has 164 valence electrons. The molecule has 0 aliphatic carbocycles.